The number of nitrogens with zero attached hydrogens (tertiary/aromatic N) is 1. The Bertz CT molecular complexity index is 1610. The fraction of sp³-hybridized carbons (Fsp3) is 0. The number of thiophene rings is 1. The molecule has 0 fully saturated rings. The van der Waals surface area contributed by atoms with Gasteiger partial charge in [0, 0.05) is 25.8 Å². The molecule has 2 heterocycles. The predicted molar refractivity (Wildman–Crippen MR) is 142 cm³/mol. The number of thiocarbonyl (C=S) groups is 1. The minimum absolute atomic E-state index is 0.0334. The number of oxazole rings is 1. The third kappa shape index (κ3) is 4.43. The van der Waals surface area contributed by atoms with Crippen molar-refractivity contribution in [3.05, 3.63) is 74.5 Å². The molecule has 34 heavy (non-hydrogen) atoms. The van der Waals surface area contributed by atoms with Gasteiger partial charge in [0.2, 0.25) is 5.89 Å². The Morgan fingerprint density at radius 2 is 1.79 bits per heavy atom. The fourth-order valence-corrected chi connectivity index (χ4v) is 5.37. The van der Waals surface area contributed by atoms with Crippen LogP contribution in [-0.4, -0.2) is 21.1 Å². The number of aromatic nitrogens is 1. The first-order valence-corrected chi connectivity index (χ1v) is 12.0. The summed E-state index contributed by atoms with van der Waals surface area (Å²) in [6, 6.07) is 15.0. The first kappa shape index (κ1) is 22.9. The third-order valence-corrected chi connectivity index (χ3v) is 7.19. The highest BCUT2D eigenvalue weighted by Crippen LogP contribution is 2.37. The number of carbonyl (C=O) groups excluding carboxylic acids is 1. The summed E-state index contributed by atoms with van der Waals surface area (Å²) in [6.45, 7) is 0. The van der Waals surface area contributed by atoms with Gasteiger partial charge in [-0.05, 0) is 60.7 Å². The van der Waals surface area contributed by atoms with Crippen molar-refractivity contribution < 1.29 is 14.3 Å². The number of carbonyl (C=O) groups is 1. The predicted octanol–water partition coefficient (Wildman–Crippen LogP) is 7.50. The molecule has 0 spiro atoms. The van der Waals surface area contributed by atoms with Crippen LogP contribution in [0.2, 0.25) is 15.1 Å². The molecule has 0 atom stereocenters. The zero-order valence-electron chi connectivity index (χ0n) is 16.9. The summed E-state index contributed by atoms with van der Waals surface area (Å²) >= 11 is 24.9. The number of anilines is 1. The van der Waals surface area contributed by atoms with Gasteiger partial charge in [-0.15, -0.1) is 11.3 Å². The Morgan fingerprint density at radius 1 is 1.03 bits per heavy atom. The molecule has 0 bridgehead atoms. The molecule has 0 aliphatic carbocycles. The summed E-state index contributed by atoms with van der Waals surface area (Å²) < 4.78 is 6.54. The zero-order chi connectivity index (χ0) is 24.0. The molecule has 3 N–H and O–H groups in total. The summed E-state index contributed by atoms with van der Waals surface area (Å²) in [6.07, 6.45) is 0. The topological polar surface area (TPSA) is 87.4 Å². The van der Waals surface area contributed by atoms with Gasteiger partial charge < -0.3 is 14.8 Å². The molecule has 0 unspecified atom stereocenters. The number of amides is 1. The van der Waals surface area contributed by atoms with E-state index in [1.807, 2.05) is 0 Å². The molecular weight excluding hydrogens is 537 g/mol. The quantitative estimate of drug-likeness (QED) is 0.160. The highest BCUT2D eigenvalue weighted by atomic mass is 35.5. The summed E-state index contributed by atoms with van der Waals surface area (Å²) in [5.74, 6) is -0.271. The molecule has 3 aromatic carbocycles. The zero-order valence-corrected chi connectivity index (χ0v) is 20.8. The maximum atomic E-state index is 12.8. The van der Waals surface area contributed by atoms with Gasteiger partial charge in [0.25, 0.3) is 5.91 Å². The van der Waals surface area contributed by atoms with Crippen LogP contribution in [-0.2, 0) is 0 Å². The van der Waals surface area contributed by atoms with Crippen LogP contribution in [0.4, 0.5) is 5.69 Å². The minimum atomic E-state index is -0.449. The minimum Gasteiger partial charge on any atom is -0.507 e. The van der Waals surface area contributed by atoms with Crippen molar-refractivity contribution in [1.82, 2.24) is 10.3 Å². The Labute approximate surface area is 217 Å². The molecule has 0 radical (unpaired) electrons. The van der Waals surface area contributed by atoms with E-state index in [0.29, 0.717) is 42.3 Å². The van der Waals surface area contributed by atoms with E-state index in [2.05, 4.69) is 15.6 Å². The fourth-order valence-electron chi connectivity index (χ4n) is 3.31. The molecule has 0 saturated heterocycles. The average Bonchev–Trinajstić information content (AvgIpc) is 3.35. The number of rotatable bonds is 3. The van der Waals surface area contributed by atoms with Gasteiger partial charge in [0.15, 0.2) is 10.7 Å². The number of fused-ring (bicyclic) bond motifs is 2. The monoisotopic (exact) mass is 547 g/mol. The summed E-state index contributed by atoms with van der Waals surface area (Å²) in [4.78, 5) is 17.5. The lowest BCUT2D eigenvalue weighted by molar-refractivity contribution is 0.0982. The van der Waals surface area contributed by atoms with Crippen molar-refractivity contribution in [1.29, 1.82) is 0 Å². The standard InChI is InChI=1S/C23H12Cl3N3O3S2/c24-10-2-6-17-15(7-10)28-22(32-17)14-9-12(3-5-16(14)30)27-23(33)29-21(31)20-19(26)13-4-1-11(25)8-18(13)34-20/h1-9,30H,(H2,27,29,31,33). The number of aromatic hydroxyl groups is 1. The van der Waals surface area contributed by atoms with Gasteiger partial charge in [0.1, 0.15) is 16.1 Å². The van der Waals surface area contributed by atoms with E-state index >= 15 is 0 Å². The van der Waals surface area contributed by atoms with Crippen molar-refractivity contribution >= 4 is 96.3 Å². The van der Waals surface area contributed by atoms with E-state index in [-0.39, 0.29) is 16.8 Å². The van der Waals surface area contributed by atoms with Gasteiger partial charge in [-0.2, -0.15) is 0 Å². The molecule has 0 aliphatic heterocycles. The van der Waals surface area contributed by atoms with Crippen LogP contribution in [0.25, 0.3) is 32.6 Å². The Hall–Kier alpha value is -2.88. The van der Waals surface area contributed by atoms with Crippen LogP contribution in [0.3, 0.4) is 0 Å². The Balaban J connectivity index is 1.36. The van der Waals surface area contributed by atoms with Crippen molar-refractivity contribution in [3.63, 3.8) is 0 Å². The van der Waals surface area contributed by atoms with E-state index in [4.69, 9.17) is 51.4 Å². The first-order chi connectivity index (χ1) is 16.3. The number of hydrogen-bond donors (Lipinski definition) is 3. The lowest BCUT2D eigenvalue weighted by Gasteiger charge is -2.10. The van der Waals surface area contributed by atoms with Crippen LogP contribution in [0.15, 0.2) is 59.0 Å². The van der Waals surface area contributed by atoms with Crippen LogP contribution in [0.5, 0.6) is 5.75 Å². The second kappa shape index (κ2) is 9.05. The summed E-state index contributed by atoms with van der Waals surface area (Å²) in [7, 11) is 0. The molecule has 5 aromatic rings. The third-order valence-electron chi connectivity index (χ3n) is 4.86. The van der Waals surface area contributed by atoms with Gasteiger partial charge in [-0.1, -0.05) is 40.9 Å². The lowest BCUT2D eigenvalue weighted by atomic mass is 10.1. The number of phenolic OH excluding ortho intramolecular Hbond substituents is 1. The second-order valence-electron chi connectivity index (χ2n) is 7.16. The molecule has 11 heteroatoms. The Kier molecular flexibility index (Phi) is 6.09. The SMILES string of the molecule is O=C(NC(=S)Nc1ccc(O)c(-c2nc3cc(Cl)ccc3o2)c1)c1sc2cc(Cl)ccc2c1Cl. The van der Waals surface area contributed by atoms with Gasteiger partial charge in [-0.25, -0.2) is 4.98 Å². The van der Waals surface area contributed by atoms with Crippen LogP contribution >= 0.6 is 58.4 Å². The maximum absolute atomic E-state index is 12.8. The molecule has 1 amide bonds. The number of halogens is 3. The van der Waals surface area contributed by atoms with Crippen molar-refractivity contribution in [3.8, 4) is 17.2 Å². The van der Waals surface area contributed by atoms with E-state index in [9.17, 15) is 9.90 Å². The largest absolute Gasteiger partial charge is 0.507 e. The van der Waals surface area contributed by atoms with Gasteiger partial charge >= 0.3 is 0 Å². The Morgan fingerprint density at radius 3 is 2.62 bits per heavy atom. The van der Waals surface area contributed by atoms with E-state index in [1.54, 1.807) is 48.5 Å². The summed E-state index contributed by atoms with van der Waals surface area (Å²) in [5.41, 5.74) is 1.94. The molecule has 170 valence electrons. The summed E-state index contributed by atoms with van der Waals surface area (Å²) in [5, 5.41) is 18.1. The molecule has 0 saturated carbocycles. The molecule has 2 aromatic heterocycles. The van der Waals surface area contributed by atoms with E-state index < -0.39 is 5.91 Å². The maximum Gasteiger partial charge on any atom is 0.269 e. The first-order valence-electron chi connectivity index (χ1n) is 9.68. The smallest absolute Gasteiger partial charge is 0.269 e. The number of nitrogens with one attached hydrogen (secondary N) is 2. The van der Waals surface area contributed by atoms with Crippen LogP contribution < -0.4 is 10.6 Å². The van der Waals surface area contributed by atoms with Crippen LogP contribution in [0, 0.1) is 0 Å². The van der Waals surface area contributed by atoms with Crippen molar-refractivity contribution in [2.24, 2.45) is 0 Å². The molecule has 5 rings (SSSR count). The van der Waals surface area contributed by atoms with Crippen molar-refractivity contribution in [2.75, 3.05) is 5.32 Å². The molecule has 0 aliphatic rings. The number of benzene rings is 3. The highest BCUT2D eigenvalue weighted by molar-refractivity contribution is 7.80. The average molecular weight is 549 g/mol. The molecule has 6 nitrogen and oxygen atoms in total. The highest BCUT2D eigenvalue weighted by Gasteiger charge is 2.19. The lowest BCUT2D eigenvalue weighted by Crippen LogP contribution is -2.33. The second-order valence-corrected chi connectivity index (χ2v) is 9.87. The normalized spacial score (nSPS) is 11.1. The van der Waals surface area contributed by atoms with Gasteiger partial charge in [0.05, 0.1) is 10.6 Å². The van der Waals surface area contributed by atoms with Crippen LogP contribution in [0.1, 0.15) is 9.67 Å². The van der Waals surface area contributed by atoms with E-state index in [0.717, 1.165) is 10.1 Å². The number of hydrogen-bond acceptors (Lipinski definition) is 6. The molecular formula is C23H12Cl3N3O3S2. The van der Waals surface area contributed by atoms with Crippen molar-refractivity contribution in [2.45, 2.75) is 0 Å². The van der Waals surface area contributed by atoms with E-state index in [1.165, 1.54) is 17.4 Å². The number of phenols is 1. The van der Waals surface area contributed by atoms with Gasteiger partial charge in [-0.3, -0.25) is 10.1 Å².